The zero-order valence-corrected chi connectivity index (χ0v) is 27.6. The summed E-state index contributed by atoms with van der Waals surface area (Å²) < 4.78 is 5.74. The van der Waals surface area contributed by atoms with Gasteiger partial charge in [-0.3, -0.25) is 4.79 Å². The first-order chi connectivity index (χ1) is 21.6. The molecule has 1 amide bonds. The summed E-state index contributed by atoms with van der Waals surface area (Å²) in [6, 6.07) is 25.7. The Kier molecular flexibility index (Phi) is 12.9. The molecule has 4 atom stereocenters. The molecular weight excluding hydrogens is 582 g/mol. The number of fused-ring (bicyclic) bond motifs is 3. The summed E-state index contributed by atoms with van der Waals surface area (Å²) in [6.07, 6.45) is 2.25. The van der Waals surface area contributed by atoms with E-state index in [4.69, 9.17) is 4.74 Å². The second kappa shape index (κ2) is 16.8. The van der Waals surface area contributed by atoms with E-state index in [1.54, 1.807) is 12.2 Å². The van der Waals surface area contributed by atoms with E-state index in [0.717, 1.165) is 27.8 Å². The standard InChI is InChI=1S/C38H47NO5S/c1-25(2)21-32(37(42)45-24-27-13-6-5-7-14-27)35(40)19-12-20-36(41)34(22-26(3)4)39-38(43)44-23-33-30-17-10-8-15-28(30)29-16-9-11-18-31(29)33/h5-19,25-26,32-36,40-41H,20-24H2,1-4H3,(H,39,43)/b19-12-/t32-,34-,35+,36+/m0/s1. The highest BCUT2D eigenvalue weighted by atomic mass is 32.2. The second-order valence-electron chi connectivity index (χ2n) is 12.8. The Balaban J connectivity index is 1.33. The van der Waals surface area contributed by atoms with Crippen molar-refractivity contribution in [1.82, 2.24) is 5.32 Å². The third-order valence-electron chi connectivity index (χ3n) is 8.21. The number of carbonyl (C=O) groups excluding carboxylic acids is 2. The lowest BCUT2D eigenvalue weighted by Crippen LogP contribution is -2.44. The first-order valence-corrected chi connectivity index (χ1v) is 17.0. The van der Waals surface area contributed by atoms with Crippen molar-refractivity contribution in [3.63, 3.8) is 0 Å². The molecular formula is C38H47NO5S. The predicted molar refractivity (Wildman–Crippen MR) is 183 cm³/mol. The maximum atomic E-state index is 13.1. The zero-order valence-electron chi connectivity index (χ0n) is 26.8. The van der Waals surface area contributed by atoms with Crippen LogP contribution >= 0.6 is 11.8 Å². The molecule has 0 heterocycles. The number of hydrogen-bond acceptors (Lipinski definition) is 6. The SMILES string of the molecule is CC(C)C[C@H](NC(=O)OCC1c2ccccc2-c2ccccc21)[C@H](O)C/C=C\[C@@H](O)[C@H](CC(C)C)C(=O)SCc1ccccc1. The van der Waals surface area contributed by atoms with Gasteiger partial charge in [-0.1, -0.05) is 130 Å². The molecule has 0 unspecified atom stereocenters. The number of ether oxygens (including phenoxy) is 1. The van der Waals surface area contributed by atoms with Gasteiger partial charge in [-0.05, 0) is 58.9 Å². The van der Waals surface area contributed by atoms with Crippen molar-refractivity contribution < 1.29 is 24.5 Å². The van der Waals surface area contributed by atoms with E-state index in [1.165, 1.54) is 11.8 Å². The molecule has 0 aliphatic heterocycles. The van der Waals surface area contributed by atoms with Gasteiger partial charge in [0.05, 0.1) is 24.2 Å². The minimum Gasteiger partial charge on any atom is -0.449 e. The fraction of sp³-hybridized carbons (Fsp3) is 0.421. The van der Waals surface area contributed by atoms with Gasteiger partial charge in [0, 0.05) is 11.7 Å². The van der Waals surface area contributed by atoms with Gasteiger partial charge in [0.2, 0.25) is 0 Å². The van der Waals surface area contributed by atoms with Crippen molar-refractivity contribution >= 4 is 23.0 Å². The van der Waals surface area contributed by atoms with Crippen LogP contribution in [-0.2, 0) is 15.3 Å². The van der Waals surface area contributed by atoms with Crippen LogP contribution in [0.4, 0.5) is 4.79 Å². The zero-order chi connectivity index (χ0) is 32.3. The van der Waals surface area contributed by atoms with Crippen molar-refractivity contribution in [2.45, 2.75) is 76.9 Å². The van der Waals surface area contributed by atoms with Crippen LogP contribution in [0.25, 0.3) is 11.1 Å². The van der Waals surface area contributed by atoms with E-state index < -0.39 is 30.3 Å². The Morgan fingerprint density at radius 3 is 2.02 bits per heavy atom. The summed E-state index contributed by atoms with van der Waals surface area (Å²) in [5.74, 6) is 0.428. The van der Waals surface area contributed by atoms with Crippen LogP contribution in [0.15, 0.2) is 91.0 Å². The minimum atomic E-state index is -0.964. The molecule has 3 aromatic rings. The van der Waals surface area contributed by atoms with Crippen molar-refractivity contribution in [3.05, 3.63) is 108 Å². The molecule has 0 saturated heterocycles. The van der Waals surface area contributed by atoms with Gasteiger partial charge in [0.15, 0.2) is 5.12 Å². The minimum absolute atomic E-state index is 0.0418. The van der Waals surface area contributed by atoms with E-state index in [9.17, 15) is 19.8 Å². The molecule has 1 aliphatic rings. The van der Waals surface area contributed by atoms with Crippen LogP contribution in [0.2, 0.25) is 0 Å². The Morgan fingerprint density at radius 2 is 1.42 bits per heavy atom. The van der Waals surface area contributed by atoms with Gasteiger partial charge in [-0.25, -0.2) is 4.79 Å². The number of amides is 1. The first kappa shape index (κ1) is 34.5. The molecule has 4 rings (SSSR count). The molecule has 0 spiro atoms. The summed E-state index contributed by atoms with van der Waals surface area (Å²) in [6.45, 7) is 8.34. The maximum absolute atomic E-state index is 13.1. The van der Waals surface area contributed by atoms with Gasteiger partial charge in [-0.2, -0.15) is 0 Å². The third kappa shape index (κ3) is 9.80. The monoisotopic (exact) mass is 629 g/mol. The summed E-state index contributed by atoms with van der Waals surface area (Å²) in [5.41, 5.74) is 5.67. The number of nitrogens with one attached hydrogen (secondary N) is 1. The Morgan fingerprint density at radius 1 is 0.844 bits per heavy atom. The lowest BCUT2D eigenvalue weighted by atomic mass is 9.92. The molecule has 0 radical (unpaired) electrons. The molecule has 0 saturated carbocycles. The fourth-order valence-electron chi connectivity index (χ4n) is 5.99. The smallest absolute Gasteiger partial charge is 0.407 e. The molecule has 3 N–H and O–H groups in total. The number of aliphatic hydroxyl groups excluding tert-OH is 2. The first-order valence-electron chi connectivity index (χ1n) is 16.0. The Hall–Kier alpha value is -3.39. The summed E-state index contributed by atoms with van der Waals surface area (Å²) in [7, 11) is 0. The van der Waals surface area contributed by atoms with Crippen LogP contribution in [0, 0.1) is 17.8 Å². The molecule has 6 nitrogen and oxygen atoms in total. The number of thioether (sulfide) groups is 1. The van der Waals surface area contributed by atoms with Crippen molar-refractivity contribution in [2.24, 2.45) is 17.8 Å². The van der Waals surface area contributed by atoms with Gasteiger partial charge in [-0.15, -0.1) is 0 Å². The van der Waals surface area contributed by atoms with E-state index in [2.05, 4.69) is 29.6 Å². The highest BCUT2D eigenvalue weighted by molar-refractivity contribution is 8.13. The van der Waals surface area contributed by atoms with Crippen molar-refractivity contribution in [2.75, 3.05) is 6.61 Å². The van der Waals surface area contributed by atoms with Crippen LogP contribution < -0.4 is 5.32 Å². The summed E-state index contributed by atoms with van der Waals surface area (Å²) >= 11 is 1.23. The average molecular weight is 630 g/mol. The summed E-state index contributed by atoms with van der Waals surface area (Å²) in [5, 5.41) is 24.9. The lowest BCUT2D eigenvalue weighted by molar-refractivity contribution is -0.117. The third-order valence-corrected chi connectivity index (χ3v) is 9.28. The van der Waals surface area contributed by atoms with Gasteiger partial charge in [0.25, 0.3) is 0 Å². The second-order valence-corrected chi connectivity index (χ2v) is 13.7. The van der Waals surface area contributed by atoms with Gasteiger partial charge < -0.3 is 20.3 Å². The van der Waals surface area contributed by atoms with Crippen molar-refractivity contribution in [1.29, 1.82) is 0 Å². The highest BCUT2D eigenvalue weighted by Gasteiger charge is 2.30. The number of alkyl carbamates (subject to hydrolysis) is 1. The molecule has 3 aromatic carbocycles. The normalized spacial score (nSPS) is 15.5. The number of rotatable bonds is 15. The Labute approximate surface area is 272 Å². The maximum Gasteiger partial charge on any atom is 0.407 e. The lowest BCUT2D eigenvalue weighted by Gasteiger charge is -2.25. The largest absolute Gasteiger partial charge is 0.449 e. The molecule has 240 valence electrons. The number of carbonyl (C=O) groups is 2. The molecule has 0 aromatic heterocycles. The van der Waals surface area contributed by atoms with E-state index in [1.807, 2.05) is 82.3 Å². The van der Waals surface area contributed by atoms with Crippen LogP contribution in [-0.4, -0.2) is 46.3 Å². The quantitative estimate of drug-likeness (QED) is 0.149. The fourth-order valence-corrected chi connectivity index (χ4v) is 6.94. The number of aliphatic hydroxyl groups is 2. The topological polar surface area (TPSA) is 95.9 Å². The number of hydrogen-bond donors (Lipinski definition) is 3. The highest BCUT2D eigenvalue weighted by Crippen LogP contribution is 2.44. The van der Waals surface area contributed by atoms with Gasteiger partial charge in [0.1, 0.15) is 6.61 Å². The average Bonchev–Trinajstić information content (AvgIpc) is 3.34. The van der Waals surface area contributed by atoms with Crippen molar-refractivity contribution in [3.8, 4) is 11.1 Å². The molecule has 45 heavy (non-hydrogen) atoms. The molecule has 1 aliphatic carbocycles. The molecule has 0 bridgehead atoms. The predicted octanol–water partition coefficient (Wildman–Crippen LogP) is 7.73. The Bertz CT molecular complexity index is 1380. The molecule has 0 fully saturated rings. The summed E-state index contributed by atoms with van der Waals surface area (Å²) in [4.78, 5) is 26.1. The van der Waals surface area contributed by atoms with E-state index in [0.29, 0.717) is 18.6 Å². The number of benzene rings is 3. The molecule has 7 heteroatoms. The van der Waals surface area contributed by atoms with E-state index >= 15 is 0 Å². The van der Waals surface area contributed by atoms with Crippen LogP contribution in [0.3, 0.4) is 0 Å². The van der Waals surface area contributed by atoms with Crippen LogP contribution in [0.5, 0.6) is 0 Å². The van der Waals surface area contributed by atoms with Crippen LogP contribution in [0.1, 0.15) is 69.6 Å². The van der Waals surface area contributed by atoms with Gasteiger partial charge >= 0.3 is 6.09 Å². The van der Waals surface area contributed by atoms with E-state index in [-0.39, 0.29) is 35.9 Å².